The Bertz CT molecular complexity index is 698. The molecule has 0 aliphatic heterocycles. The highest BCUT2D eigenvalue weighted by Crippen LogP contribution is 2.38. The minimum absolute atomic E-state index is 0.113. The van der Waals surface area contributed by atoms with Crippen molar-refractivity contribution in [3.63, 3.8) is 0 Å². The molecule has 0 aliphatic carbocycles. The maximum atomic E-state index is 14.4. The van der Waals surface area contributed by atoms with Gasteiger partial charge >= 0.3 is 6.18 Å². The first-order valence-corrected chi connectivity index (χ1v) is 7.50. The van der Waals surface area contributed by atoms with Gasteiger partial charge in [0.15, 0.2) is 5.82 Å². The van der Waals surface area contributed by atoms with Crippen LogP contribution >= 0.6 is 15.9 Å². The van der Waals surface area contributed by atoms with Crippen molar-refractivity contribution >= 4 is 26.8 Å². The van der Waals surface area contributed by atoms with Gasteiger partial charge in [0, 0.05) is 23.7 Å². The molecule has 2 nitrogen and oxygen atoms in total. The van der Waals surface area contributed by atoms with E-state index < -0.39 is 18.0 Å². The number of rotatable bonds is 2. The molecule has 0 radical (unpaired) electrons. The summed E-state index contributed by atoms with van der Waals surface area (Å²) in [7, 11) is 0. The molecule has 1 aromatic carbocycles. The Balaban J connectivity index is 2.72. The molecular weight excluding hydrogens is 364 g/mol. The van der Waals surface area contributed by atoms with Gasteiger partial charge in [0.2, 0.25) is 0 Å². The molecule has 0 fully saturated rings. The van der Waals surface area contributed by atoms with Crippen molar-refractivity contribution < 1.29 is 17.6 Å². The zero-order chi connectivity index (χ0) is 16.9. The third-order valence-corrected chi connectivity index (χ3v) is 3.91. The van der Waals surface area contributed by atoms with E-state index in [-0.39, 0.29) is 26.4 Å². The minimum Gasteiger partial charge on any atom is -0.344 e. The van der Waals surface area contributed by atoms with Gasteiger partial charge in [-0.05, 0) is 27.4 Å². The van der Waals surface area contributed by atoms with Crippen molar-refractivity contribution in [1.29, 1.82) is 0 Å². The van der Waals surface area contributed by atoms with Crippen LogP contribution in [0.3, 0.4) is 0 Å². The molecule has 2 N–H and O–H groups in total. The molecule has 0 spiro atoms. The molecule has 0 aliphatic rings. The van der Waals surface area contributed by atoms with Gasteiger partial charge in [0.25, 0.3) is 0 Å². The molecule has 2 rings (SSSR count). The highest BCUT2D eigenvalue weighted by atomic mass is 79.9. The van der Waals surface area contributed by atoms with Crippen LogP contribution in [0, 0.1) is 11.2 Å². The van der Waals surface area contributed by atoms with Gasteiger partial charge < -0.3 is 10.3 Å². The molecule has 1 aromatic heterocycles. The topological polar surface area (TPSA) is 30.9 Å². The monoisotopic (exact) mass is 380 g/mol. The van der Waals surface area contributed by atoms with E-state index in [0.29, 0.717) is 6.54 Å². The van der Waals surface area contributed by atoms with Gasteiger partial charge in [-0.3, -0.25) is 0 Å². The van der Waals surface area contributed by atoms with Crippen LogP contribution in [0.25, 0.3) is 10.9 Å². The Morgan fingerprint density at radius 2 is 1.82 bits per heavy atom. The summed E-state index contributed by atoms with van der Waals surface area (Å²) in [5.74, 6) is -0.581. The molecule has 0 saturated carbocycles. The number of nitrogens with zero attached hydrogens (tertiary/aromatic N) is 1. The molecule has 0 bridgehead atoms. The number of benzene rings is 1. The summed E-state index contributed by atoms with van der Waals surface area (Å²) in [5.41, 5.74) is 5.13. The van der Waals surface area contributed by atoms with Crippen LogP contribution in [-0.2, 0) is 6.54 Å². The van der Waals surface area contributed by atoms with E-state index in [1.165, 1.54) is 22.9 Å². The average Bonchev–Trinajstić information content (AvgIpc) is 2.68. The fourth-order valence-corrected chi connectivity index (χ4v) is 2.74. The van der Waals surface area contributed by atoms with Crippen LogP contribution in [-0.4, -0.2) is 10.7 Å². The molecule has 0 saturated heterocycles. The Morgan fingerprint density at radius 1 is 1.23 bits per heavy atom. The number of hydrogen-bond acceptors (Lipinski definition) is 1. The summed E-state index contributed by atoms with van der Waals surface area (Å²) in [4.78, 5) is 0. The lowest BCUT2D eigenvalue weighted by Gasteiger charge is -2.20. The molecule has 1 heterocycles. The van der Waals surface area contributed by atoms with Crippen molar-refractivity contribution in [1.82, 2.24) is 4.57 Å². The normalized spacial score (nSPS) is 14.6. The summed E-state index contributed by atoms with van der Waals surface area (Å²) < 4.78 is 55.0. The smallest absolute Gasteiger partial charge is 0.344 e. The van der Waals surface area contributed by atoms with Crippen molar-refractivity contribution in [3.05, 3.63) is 34.2 Å². The standard InChI is InChI=1S/C15H17BrF4N2/c1-14(2,3)7-22-6-9(13(21)15(18,19)20)8-4-5-10(16)11(17)12(8)22/h4-6,13H,7,21H2,1-3H3/t13-/m0/s1. The van der Waals surface area contributed by atoms with Crippen LogP contribution < -0.4 is 5.73 Å². The molecule has 0 unspecified atom stereocenters. The fourth-order valence-electron chi connectivity index (χ4n) is 2.42. The molecule has 2 aromatic rings. The molecular formula is C15H17BrF4N2. The van der Waals surface area contributed by atoms with Gasteiger partial charge in [-0.2, -0.15) is 13.2 Å². The molecule has 1 atom stereocenters. The Labute approximate surface area is 134 Å². The first-order valence-electron chi connectivity index (χ1n) is 6.71. The second-order valence-corrected chi connectivity index (χ2v) is 7.40. The number of aromatic nitrogens is 1. The van der Waals surface area contributed by atoms with Gasteiger partial charge in [0.1, 0.15) is 6.04 Å². The summed E-state index contributed by atoms with van der Waals surface area (Å²) in [5, 5.41) is 0.190. The summed E-state index contributed by atoms with van der Waals surface area (Å²) in [6, 6.07) is 0.714. The first-order chi connectivity index (χ1) is 9.92. The number of hydrogen-bond donors (Lipinski definition) is 1. The number of halogens is 5. The maximum Gasteiger partial charge on any atom is 0.407 e. The zero-order valence-electron chi connectivity index (χ0n) is 12.4. The lowest BCUT2D eigenvalue weighted by molar-refractivity contribution is -0.148. The Hall–Kier alpha value is -1.08. The van der Waals surface area contributed by atoms with E-state index in [0.717, 1.165) is 0 Å². The van der Waals surface area contributed by atoms with Gasteiger partial charge in [0.05, 0.1) is 9.99 Å². The second-order valence-electron chi connectivity index (χ2n) is 6.55. The highest BCUT2D eigenvalue weighted by molar-refractivity contribution is 9.10. The predicted octanol–water partition coefficient (Wildman–Crippen LogP) is 5.15. The third-order valence-electron chi connectivity index (χ3n) is 3.29. The minimum atomic E-state index is -4.58. The number of nitrogens with two attached hydrogens (primary N) is 1. The SMILES string of the molecule is CC(C)(C)Cn1cc([C@H](N)C(F)(F)F)c2ccc(Br)c(F)c21. The molecule has 0 amide bonds. The van der Waals surface area contributed by atoms with Crippen molar-refractivity contribution in [2.24, 2.45) is 11.1 Å². The summed E-state index contributed by atoms with van der Waals surface area (Å²) >= 11 is 3.07. The lowest BCUT2D eigenvalue weighted by Crippen LogP contribution is -2.28. The average molecular weight is 381 g/mol. The van der Waals surface area contributed by atoms with Crippen LogP contribution in [0.2, 0.25) is 0 Å². The van der Waals surface area contributed by atoms with Crippen molar-refractivity contribution in [2.45, 2.75) is 39.5 Å². The fraction of sp³-hybridized carbons (Fsp3) is 0.467. The lowest BCUT2D eigenvalue weighted by atomic mass is 9.97. The Morgan fingerprint density at radius 3 is 2.32 bits per heavy atom. The van der Waals surface area contributed by atoms with Crippen LogP contribution in [0.4, 0.5) is 17.6 Å². The highest BCUT2D eigenvalue weighted by Gasteiger charge is 2.40. The van der Waals surface area contributed by atoms with Crippen LogP contribution in [0.15, 0.2) is 22.8 Å². The van der Waals surface area contributed by atoms with E-state index in [1.807, 2.05) is 20.8 Å². The third kappa shape index (κ3) is 3.30. The van der Waals surface area contributed by atoms with Crippen LogP contribution in [0.5, 0.6) is 0 Å². The van der Waals surface area contributed by atoms with Gasteiger partial charge in [-0.15, -0.1) is 0 Å². The largest absolute Gasteiger partial charge is 0.407 e. The number of alkyl halides is 3. The van der Waals surface area contributed by atoms with E-state index in [1.54, 1.807) is 0 Å². The van der Waals surface area contributed by atoms with E-state index >= 15 is 0 Å². The number of fused-ring (bicyclic) bond motifs is 1. The van der Waals surface area contributed by atoms with Gasteiger partial charge in [-0.25, -0.2) is 4.39 Å². The zero-order valence-corrected chi connectivity index (χ0v) is 14.0. The van der Waals surface area contributed by atoms with Gasteiger partial charge in [-0.1, -0.05) is 26.8 Å². The summed E-state index contributed by atoms with van der Waals surface area (Å²) in [6.45, 7) is 6.16. The van der Waals surface area contributed by atoms with E-state index in [2.05, 4.69) is 15.9 Å². The molecule has 122 valence electrons. The second kappa shape index (κ2) is 5.53. The quantitative estimate of drug-likeness (QED) is 0.717. The predicted molar refractivity (Wildman–Crippen MR) is 82.0 cm³/mol. The molecule has 7 heteroatoms. The summed E-state index contributed by atoms with van der Waals surface area (Å²) in [6.07, 6.45) is -3.27. The van der Waals surface area contributed by atoms with Crippen molar-refractivity contribution in [2.75, 3.05) is 0 Å². The molecule has 22 heavy (non-hydrogen) atoms. The maximum absolute atomic E-state index is 14.4. The van der Waals surface area contributed by atoms with E-state index in [9.17, 15) is 17.6 Å². The van der Waals surface area contributed by atoms with Crippen LogP contribution in [0.1, 0.15) is 32.4 Å². The first kappa shape index (κ1) is 17.3. The van der Waals surface area contributed by atoms with Crippen molar-refractivity contribution in [3.8, 4) is 0 Å². The Kier molecular flexibility index (Phi) is 4.34. The van der Waals surface area contributed by atoms with E-state index in [4.69, 9.17) is 5.73 Å².